The number of hydrogen-bond acceptors (Lipinski definition) is 1. The van der Waals surface area contributed by atoms with E-state index in [1.807, 2.05) is 18.2 Å². The third kappa shape index (κ3) is 2.91. The second kappa shape index (κ2) is 6.19. The molecule has 1 aliphatic heterocycles. The first-order chi connectivity index (χ1) is 9.84. The molecule has 1 saturated heterocycles. The molecule has 1 aliphatic rings. The van der Waals surface area contributed by atoms with E-state index in [-0.39, 0.29) is 11.9 Å². The SMILES string of the molecule is Fc1ccccc1C(Cc1ccccc1)N1CCCC1. The lowest BCUT2D eigenvalue weighted by Gasteiger charge is -2.28. The predicted molar refractivity (Wildman–Crippen MR) is 80.1 cm³/mol. The van der Waals surface area contributed by atoms with Crippen molar-refractivity contribution in [3.63, 3.8) is 0 Å². The molecule has 2 aromatic rings. The Morgan fingerprint density at radius 1 is 0.900 bits per heavy atom. The van der Waals surface area contributed by atoms with E-state index in [0.717, 1.165) is 25.1 Å². The van der Waals surface area contributed by atoms with Crippen molar-refractivity contribution in [2.45, 2.75) is 25.3 Å². The van der Waals surface area contributed by atoms with Gasteiger partial charge >= 0.3 is 0 Å². The van der Waals surface area contributed by atoms with E-state index in [2.05, 4.69) is 29.2 Å². The molecule has 0 amide bonds. The molecule has 1 atom stereocenters. The van der Waals surface area contributed by atoms with Gasteiger partial charge in [0.2, 0.25) is 0 Å². The van der Waals surface area contributed by atoms with Crippen molar-refractivity contribution in [1.29, 1.82) is 0 Å². The van der Waals surface area contributed by atoms with Crippen molar-refractivity contribution in [2.75, 3.05) is 13.1 Å². The smallest absolute Gasteiger partial charge is 0.127 e. The Morgan fingerprint density at radius 2 is 1.55 bits per heavy atom. The minimum absolute atomic E-state index is 0.0830. The van der Waals surface area contributed by atoms with Crippen LogP contribution < -0.4 is 0 Å². The van der Waals surface area contributed by atoms with Crippen LogP contribution in [0.5, 0.6) is 0 Å². The maximum Gasteiger partial charge on any atom is 0.127 e. The summed E-state index contributed by atoms with van der Waals surface area (Å²) < 4.78 is 14.2. The molecule has 3 rings (SSSR count). The molecule has 0 saturated carbocycles. The van der Waals surface area contributed by atoms with E-state index in [0.29, 0.717) is 0 Å². The highest BCUT2D eigenvalue weighted by Crippen LogP contribution is 2.30. The summed E-state index contributed by atoms with van der Waals surface area (Å²) in [6.07, 6.45) is 3.32. The van der Waals surface area contributed by atoms with Gasteiger partial charge in [-0.3, -0.25) is 4.90 Å². The zero-order chi connectivity index (χ0) is 13.8. The van der Waals surface area contributed by atoms with Gasteiger partial charge in [-0.15, -0.1) is 0 Å². The molecule has 2 aromatic carbocycles. The Labute approximate surface area is 120 Å². The average Bonchev–Trinajstić information content (AvgIpc) is 3.01. The molecule has 20 heavy (non-hydrogen) atoms. The van der Waals surface area contributed by atoms with Gasteiger partial charge in [0.1, 0.15) is 5.82 Å². The maximum atomic E-state index is 14.2. The highest BCUT2D eigenvalue weighted by atomic mass is 19.1. The number of nitrogens with zero attached hydrogens (tertiary/aromatic N) is 1. The highest BCUT2D eigenvalue weighted by molar-refractivity contribution is 5.25. The Balaban J connectivity index is 1.90. The molecule has 0 aliphatic carbocycles. The van der Waals surface area contributed by atoms with Crippen molar-refractivity contribution < 1.29 is 4.39 Å². The summed E-state index contributed by atoms with van der Waals surface area (Å²) in [7, 11) is 0. The normalized spacial score (nSPS) is 17.2. The van der Waals surface area contributed by atoms with Crippen LogP contribution in [-0.2, 0) is 6.42 Å². The van der Waals surface area contributed by atoms with Gasteiger partial charge in [-0.05, 0) is 44.0 Å². The lowest BCUT2D eigenvalue weighted by Crippen LogP contribution is -2.28. The van der Waals surface area contributed by atoms with Crippen molar-refractivity contribution in [3.8, 4) is 0 Å². The zero-order valence-corrected chi connectivity index (χ0v) is 11.6. The Hall–Kier alpha value is -1.67. The maximum absolute atomic E-state index is 14.2. The Kier molecular flexibility index (Phi) is 4.12. The molecule has 0 radical (unpaired) electrons. The molecule has 2 heteroatoms. The van der Waals surface area contributed by atoms with Crippen molar-refractivity contribution in [1.82, 2.24) is 4.90 Å². The molecule has 0 spiro atoms. The van der Waals surface area contributed by atoms with Crippen LogP contribution in [-0.4, -0.2) is 18.0 Å². The molecule has 1 fully saturated rings. The standard InChI is InChI=1S/C18H20FN/c19-17-11-5-4-10-16(17)18(20-12-6-7-13-20)14-15-8-2-1-3-9-15/h1-5,8-11,18H,6-7,12-14H2. The third-order valence-electron chi connectivity index (χ3n) is 4.12. The van der Waals surface area contributed by atoms with Gasteiger partial charge in [0.25, 0.3) is 0 Å². The molecule has 0 bridgehead atoms. The summed E-state index contributed by atoms with van der Waals surface area (Å²) in [4.78, 5) is 2.42. The number of halogens is 1. The van der Waals surface area contributed by atoms with E-state index < -0.39 is 0 Å². The minimum Gasteiger partial charge on any atom is -0.296 e. The first-order valence-electron chi connectivity index (χ1n) is 7.37. The molecule has 1 nitrogen and oxygen atoms in total. The van der Waals surface area contributed by atoms with E-state index in [1.165, 1.54) is 18.4 Å². The molecule has 104 valence electrons. The Bertz CT molecular complexity index is 546. The zero-order valence-electron chi connectivity index (χ0n) is 11.6. The quantitative estimate of drug-likeness (QED) is 0.804. The number of benzene rings is 2. The summed E-state index contributed by atoms with van der Waals surface area (Å²) >= 11 is 0. The molecular weight excluding hydrogens is 249 g/mol. The molecule has 1 unspecified atom stereocenters. The lowest BCUT2D eigenvalue weighted by molar-refractivity contribution is 0.239. The fraction of sp³-hybridized carbons (Fsp3) is 0.333. The predicted octanol–water partition coefficient (Wildman–Crippen LogP) is 4.21. The van der Waals surface area contributed by atoms with Crippen LogP contribution in [0.1, 0.15) is 30.0 Å². The van der Waals surface area contributed by atoms with Gasteiger partial charge in [-0.2, -0.15) is 0 Å². The van der Waals surface area contributed by atoms with E-state index in [1.54, 1.807) is 12.1 Å². The van der Waals surface area contributed by atoms with Crippen LogP contribution in [0.3, 0.4) is 0 Å². The molecule has 1 heterocycles. The average molecular weight is 269 g/mol. The van der Waals surface area contributed by atoms with Crippen molar-refractivity contribution in [3.05, 3.63) is 71.5 Å². The number of rotatable bonds is 4. The third-order valence-corrected chi connectivity index (χ3v) is 4.12. The monoisotopic (exact) mass is 269 g/mol. The van der Waals surface area contributed by atoms with E-state index in [4.69, 9.17) is 0 Å². The van der Waals surface area contributed by atoms with Crippen LogP contribution in [0.2, 0.25) is 0 Å². The first-order valence-corrected chi connectivity index (χ1v) is 7.37. The van der Waals surface area contributed by atoms with Gasteiger partial charge in [0.15, 0.2) is 0 Å². The fourth-order valence-electron chi connectivity index (χ4n) is 3.07. The van der Waals surface area contributed by atoms with Crippen molar-refractivity contribution in [2.24, 2.45) is 0 Å². The second-order valence-electron chi connectivity index (χ2n) is 5.47. The van der Waals surface area contributed by atoms with E-state index >= 15 is 0 Å². The highest BCUT2D eigenvalue weighted by Gasteiger charge is 2.25. The fourth-order valence-corrected chi connectivity index (χ4v) is 3.07. The molecule has 0 aromatic heterocycles. The topological polar surface area (TPSA) is 3.24 Å². The number of hydrogen-bond donors (Lipinski definition) is 0. The molecular formula is C18H20FN. The summed E-state index contributed by atoms with van der Waals surface area (Å²) in [5, 5.41) is 0. The van der Waals surface area contributed by atoms with Crippen LogP contribution in [0.4, 0.5) is 4.39 Å². The van der Waals surface area contributed by atoms with Gasteiger partial charge in [0, 0.05) is 11.6 Å². The first kappa shape index (κ1) is 13.3. The van der Waals surface area contributed by atoms with Crippen LogP contribution in [0.15, 0.2) is 54.6 Å². The Morgan fingerprint density at radius 3 is 2.25 bits per heavy atom. The summed E-state index contributed by atoms with van der Waals surface area (Å²) in [6.45, 7) is 2.15. The summed E-state index contributed by atoms with van der Waals surface area (Å²) in [5.41, 5.74) is 2.10. The van der Waals surface area contributed by atoms with Gasteiger partial charge in [-0.1, -0.05) is 48.5 Å². The van der Waals surface area contributed by atoms with E-state index in [9.17, 15) is 4.39 Å². The van der Waals surface area contributed by atoms with Gasteiger partial charge < -0.3 is 0 Å². The summed E-state index contributed by atoms with van der Waals surface area (Å²) in [6, 6.07) is 17.8. The molecule has 0 N–H and O–H groups in total. The summed E-state index contributed by atoms with van der Waals surface area (Å²) in [5.74, 6) is -0.0830. The second-order valence-corrected chi connectivity index (χ2v) is 5.47. The van der Waals surface area contributed by atoms with Gasteiger partial charge in [-0.25, -0.2) is 4.39 Å². The minimum atomic E-state index is -0.0830. The van der Waals surface area contributed by atoms with Crippen LogP contribution in [0.25, 0.3) is 0 Å². The van der Waals surface area contributed by atoms with Crippen LogP contribution >= 0.6 is 0 Å². The van der Waals surface area contributed by atoms with Gasteiger partial charge in [0.05, 0.1) is 0 Å². The largest absolute Gasteiger partial charge is 0.296 e. The van der Waals surface area contributed by atoms with Crippen LogP contribution in [0, 0.1) is 5.82 Å². The number of likely N-dealkylation sites (tertiary alicyclic amines) is 1. The lowest BCUT2D eigenvalue weighted by atomic mass is 9.97. The van der Waals surface area contributed by atoms with Crippen molar-refractivity contribution >= 4 is 0 Å².